The number of nitrogen functional groups attached to an aromatic ring is 1. The van der Waals surface area contributed by atoms with Gasteiger partial charge in [0.1, 0.15) is 23.7 Å². The van der Waals surface area contributed by atoms with E-state index in [1.807, 2.05) is 18.3 Å². The molecule has 1 saturated carbocycles. The minimum Gasteiger partial charge on any atom is -0.396 e. The quantitative estimate of drug-likeness (QED) is 0.274. The smallest absolute Gasteiger partial charge is 0.164 e. The summed E-state index contributed by atoms with van der Waals surface area (Å²) in [6.45, 7) is 6.09. The number of hydrogen-bond acceptors (Lipinski definition) is 7. The van der Waals surface area contributed by atoms with Gasteiger partial charge in [-0.05, 0) is 56.4 Å². The average Bonchev–Trinajstić information content (AvgIpc) is 3.63. The molecular weight excluding hydrogens is 543 g/mol. The fourth-order valence-corrected chi connectivity index (χ4v) is 7.06. The molecule has 1 aliphatic heterocycles. The van der Waals surface area contributed by atoms with Gasteiger partial charge < -0.3 is 20.3 Å². The molecule has 43 heavy (non-hydrogen) atoms. The van der Waals surface area contributed by atoms with Crippen LogP contribution in [-0.2, 0) is 6.54 Å². The second-order valence-electron chi connectivity index (χ2n) is 12.0. The van der Waals surface area contributed by atoms with E-state index in [0.717, 1.165) is 98.0 Å². The summed E-state index contributed by atoms with van der Waals surface area (Å²) in [5, 5.41) is 16.2. The molecule has 4 heterocycles. The highest BCUT2D eigenvalue weighted by Crippen LogP contribution is 2.38. The monoisotopic (exact) mass is 582 g/mol. The molecule has 2 aromatic carbocycles. The SMILES string of the molecule is Nc1ncnc2c1c(-c1ccc3c(ccn3Cc3ccccc3F)c1)nn2[C@H]1CC[C@H](N2CCN(CCCO)CC2)CC1. The van der Waals surface area contributed by atoms with Gasteiger partial charge in [-0.1, -0.05) is 24.3 Å². The van der Waals surface area contributed by atoms with Gasteiger partial charge in [0, 0.05) is 73.6 Å². The lowest BCUT2D eigenvalue weighted by Gasteiger charge is -2.42. The van der Waals surface area contributed by atoms with Crippen molar-refractivity contribution in [2.24, 2.45) is 0 Å². The van der Waals surface area contributed by atoms with Crippen LogP contribution in [0.15, 0.2) is 61.1 Å². The molecule has 7 rings (SSSR count). The van der Waals surface area contributed by atoms with E-state index in [-0.39, 0.29) is 18.5 Å². The summed E-state index contributed by atoms with van der Waals surface area (Å²) in [6, 6.07) is 16.1. The summed E-state index contributed by atoms with van der Waals surface area (Å²) in [5.74, 6) is 0.246. The molecule has 0 unspecified atom stereocenters. The van der Waals surface area contributed by atoms with Gasteiger partial charge >= 0.3 is 0 Å². The zero-order valence-corrected chi connectivity index (χ0v) is 24.4. The fourth-order valence-electron chi connectivity index (χ4n) is 7.06. The molecule has 10 heteroatoms. The third kappa shape index (κ3) is 5.50. The molecule has 1 aliphatic carbocycles. The first-order valence-electron chi connectivity index (χ1n) is 15.5. The van der Waals surface area contributed by atoms with Crippen LogP contribution in [-0.4, -0.2) is 84.6 Å². The molecular formula is C33H39FN8O. The van der Waals surface area contributed by atoms with E-state index in [1.54, 1.807) is 6.07 Å². The molecule has 3 N–H and O–H groups in total. The Morgan fingerprint density at radius 2 is 1.72 bits per heavy atom. The van der Waals surface area contributed by atoms with Crippen LogP contribution in [0.5, 0.6) is 0 Å². The second-order valence-corrected chi connectivity index (χ2v) is 12.0. The van der Waals surface area contributed by atoms with Crippen LogP contribution in [0.4, 0.5) is 10.2 Å². The van der Waals surface area contributed by atoms with Crippen molar-refractivity contribution in [1.29, 1.82) is 0 Å². The van der Waals surface area contributed by atoms with Gasteiger partial charge in [-0.3, -0.25) is 4.90 Å². The van der Waals surface area contributed by atoms with E-state index < -0.39 is 0 Å². The Morgan fingerprint density at radius 1 is 0.930 bits per heavy atom. The Bertz CT molecular complexity index is 1720. The first kappa shape index (κ1) is 27.9. The maximum atomic E-state index is 14.3. The van der Waals surface area contributed by atoms with Crippen molar-refractivity contribution in [3.63, 3.8) is 0 Å². The number of anilines is 1. The van der Waals surface area contributed by atoms with Gasteiger partial charge in [0.25, 0.3) is 0 Å². The van der Waals surface area contributed by atoms with Crippen LogP contribution in [0.3, 0.4) is 0 Å². The van der Waals surface area contributed by atoms with Gasteiger partial charge in [0.2, 0.25) is 0 Å². The first-order chi connectivity index (χ1) is 21.1. The topological polar surface area (TPSA) is 101 Å². The van der Waals surface area contributed by atoms with Gasteiger partial charge in [-0.15, -0.1) is 0 Å². The van der Waals surface area contributed by atoms with Crippen molar-refractivity contribution in [2.45, 2.75) is 50.7 Å². The van der Waals surface area contributed by atoms with E-state index >= 15 is 0 Å². The Labute approximate surface area is 250 Å². The van der Waals surface area contributed by atoms with Crippen molar-refractivity contribution >= 4 is 27.8 Å². The number of benzene rings is 2. The number of nitrogens with two attached hydrogens (primary N) is 1. The number of rotatable bonds is 8. The first-order valence-corrected chi connectivity index (χ1v) is 15.5. The molecule has 224 valence electrons. The fraction of sp³-hybridized carbons (Fsp3) is 0.424. The maximum absolute atomic E-state index is 14.3. The van der Waals surface area contributed by atoms with Crippen molar-refractivity contribution in [1.82, 2.24) is 34.1 Å². The molecule has 0 amide bonds. The van der Waals surface area contributed by atoms with E-state index in [2.05, 4.69) is 53.3 Å². The maximum Gasteiger partial charge on any atom is 0.164 e. The number of fused-ring (bicyclic) bond motifs is 2. The minimum absolute atomic E-state index is 0.195. The van der Waals surface area contributed by atoms with Crippen molar-refractivity contribution in [2.75, 3.05) is 45.1 Å². The number of nitrogens with zero attached hydrogens (tertiary/aromatic N) is 7. The molecule has 2 aliphatic rings. The summed E-state index contributed by atoms with van der Waals surface area (Å²) in [5.41, 5.74) is 10.7. The number of halogens is 1. The highest BCUT2D eigenvalue weighted by Gasteiger charge is 2.31. The zero-order valence-electron chi connectivity index (χ0n) is 24.4. The second kappa shape index (κ2) is 12.0. The molecule has 9 nitrogen and oxygen atoms in total. The third-order valence-corrected chi connectivity index (χ3v) is 9.43. The van der Waals surface area contributed by atoms with Gasteiger partial charge in [-0.2, -0.15) is 5.10 Å². The molecule has 0 radical (unpaired) electrons. The average molecular weight is 583 g/mol. The number of aliphatic hydroxyl groups excluding tert-OH is 1. The standard InChI is InChI=1S/C33H39FN8O/c34-28-5-2-1-4-25(28)21-41-14-12-23-20-24(6-11-29(23)41)31-30-32(35)36-22-37-33(30)42(38-31)27-9-7-26(8-10-27)40-17-15-39(16-18-40)13-3-19-43/h1-2,4-6,11-12,14,20,22,26-27,43H,3,7-10,13,15-19,21H2,(H2,35,36,37)/t26-,27-. The molecule has 5 aromatic rings. The Hall–Kier alpha value is -3.86. The summed E-state index contributed by atoms with van der Waals surface area (Å²) < 4.78 is 18.5. The largest absolute Gasteiger partial charge is 0.396 e. The Morgan fingerprint density at radius 3 is 2.51 bits per heavy atom. The van der Waals surface area contributed by atoms with Crippen LogP contribution in [0.25, 0.3) is 33.2 Å². The summed E-state index contributed by atoms with van der Waals surface area (Å²) in [7, 11) is 0. The number of aromatic nitrogens is 5. The minimum atomic E-state index is -0.195. The summed E-state index contributed by atoms with van der Waals surface area (Å²) >= 11 is 0. The van der Waals surface area contributed by atoms with Crippen LogP contribution in [0.1, 0.15) is 43.7 Å². The van der Waals surface area contributed by atoms with Gasteiger partial charge in [-0.25, -0.2) is 19.0 Å². The highest BCUT2D eigenvalue weighted by atomic mass is 19.1. The molecule has 0 bridgehead atoms. The van der Waals surface area contributed by atoms with Crippen LogP contribution in [0, 0.1) is 5.82 Å². The van der Waals surface area contributed by atoms with Crippen LogP contribution >= 0.6 is 0 Å². The van der Waals surface area contributed by atoms with E-state index in [1.165, 1.54) is 12.4 Å². The Balaban J connectivity index is 1.11. The third-order valence-electron chi connectivity index (χ3n) is 9.43. The summed E-state index contributed by atoms with van der Waals surface area (Å²) in [6.07, 6.45) is 8.77. The van der Waals surface area contributed by atoms with Gasteiger partial charge in [0.05, 0.1) is 18.0 Å². The normalized spacial score (nSPS) is 20.3. The molecule has 1 saturated heterocycles. The number of hydrogen-bond donors (Lipinski definition) is 2. The van der Waals surface area contributed by atoms with Crippen molar-refractivity contribution in [3.8, 4) is 11.3 Å². The molecule has 0 spiro atoms. The van der Waals surface area contributed by atoms with E-state index in [0.29, 0.717) is 24.0 Å². The summed E-state index contributed by atoms with van der Waals surface area (Å²) in [4.78, 5) is 14.1. The highest BCUT2D eigenvalue weighted by molar-refractivity contribution is 6.00. The molecule has 3 aromatic heterocycles. The van der Waals surface area contributed by atoms with Gasteiger partial charge in [0.15, 0.2) is 5.65 Å². The van der Waals surface area contributed by atoms with E-state index in [9.17, 15) is 4.39 Å². The van der Waals surface area contributed by atoms with Crippen molar-refractivity contribution < 1.29 is 9.50 Å². The molecule has 2 fully saturated rings. The van der Waals surface area contributed by atoms with Crippen molar-refractivity contribution in [3.05, 3.63) is 72.4 Å². The number of aliphatic hydroxyl groups is 1. The predicted molar refractivity (Wildman–Crippen MR) is 167 cm³/mol. The van der Waals surface area contributed by atoms with Crippen LogP contribution in [0.2, 0.25) is 0 Å². The van der Waals surface area contributed by atoms with Crippen LogP contribution < -0.4 is 5.73 Å². The lowest BCUT2D eigenvalue weighted by molar-refractivity contribution is 0.0680. The van der Waals surface area contributed by atoms with E-state index in [4.69, 9.17) is 15.9 Å². The Kier molecular flexibility index (Phi) is 7.81. The lowest BCUT2D eigenvalue weighted by atomic mass is 9.90. The predicted octanol–water partition coefficient (Wildman–Crippen LogP) is 4.70. The lowest BCUT2D eigenvalue weighted by Crippen LogP contribution is -2.51. The zero-order chi connectivity index (χ0) is 29.3. The number of piperazine rings is 1. The molecule has 0 atom stereocenters.